The van der Waals surface area contributed by atoms with Gasteiger partial charge in [-0.3, -0.25) is 14.9 Å². The van der Waals surface area contributed by atoms with Crippen LogP contribution < -0.4 is 15.4 Å². The van der Waals surface area contributed by atoms with Crippen LogP contribution in [0.5, 0.6) is 5.75 Å². The van der Waals surface area contributed by atoms with E-state index in [4.69, 9.17) is 16.3 Å². The quantitative estimate of drug-likeness (QED) is 0.541. The van der Waals surface area contributed by atoms with Gasteiger partial charge in [0, 0.05) is 6.08 Å². The van der Waals surface area contributed by atoms with Crippen LogP contribution in [0.2, 0.25) is 5.02 Å². The average Bonchev–Trinajstić information content (AvgIpc) is 3.18. The molecule has 0 aliphatic heterocycles. The summed E-state index contributed by atoms with van der Waals surface area (Å²) in [5.74, 6) is 0.0595. The number of amides is 2. The summed E-state index contributed by atoms with van der Waals surface area (Å²) >= 11 is 7.22. The lowest BCUT2D eigenvalue weighted by molar-refractivity contribution is -0.111. The molecule has 6 nitrogen and oxygen atoms in total. The first kappa shape index (κ1) is 20.6. The van der Waals surface area contributed by atoms with Gasteiger partial charge < -0.3 is 10.1 Å². The molecule has 0 unspecified atom stereocenters. The zero-order valence-corrected chi connectivity index (χ0v) is 17.3. The molecule has 2 N–H and O–H groups in total. The van der Waals surface area contributed by atoms with Crippen molar-refractivity contribution in [3.8, 4) is 5.75 Å². The number of halogens is 1. The molecule has 2 amide bonds. The zero-order chi connectivity index (χ0) is 20.8. The molecule has 1 heterocycles. The highest BCUT2D eigenvalue weighted by Crippen LogP contribution is 2.27. The van der Waals surface area contributed by atoms with Gasteiger partial charge in [0.2, 0.25) is 5.91 Å². The molecule has 0 radical (unpaired) electrons. The third-order valence-corrected chi connectivity index (χ3v) is 5.19. The third-order valence-electron chi connectivity index (χ3n) is 3.96. The molecule has 0 bridgehead atoms. The van der Waals surface area contributed by atoms with Gasteiger partial charge in [-0.05, 0) is 42.3 Å². The van der Waals surface area contributed by atoms with E-state index in [1.807, 2.05) is 43.3 Å². The third kappa shape index (κ3) is 5.43. The first-order valence-corrected chi connectivity index (χ1v) is 9.81. The van der Waals surface area contributed by atoms with E-state index in [0.29, 0.717) is 20.7 Å². The number of para-hydroxylation sites is 1. The molecule has 0 atom stereocenters. The molecule has 1 aromatic heterocycles. The van der Waals surface area contributed by atoms with E-state index in [1.165, 1.54) is 12.3 Å². The van der Waals surface area contributed by atoms with Crippen LogP contribution in [0.4, 0.5) is 10.8 Å². The van der Waals surface area contributed by atoms with Crippen LogP contribution in [0, 0.1) is 6.92 Å². The molecule has 0 saturated heterocycles. The summed E-state index contributed by atoms with van der Waals surface area (Å²) in [6, 6.07) is 12.7. The molecular formula is C21H18ClN3O3S. The number of aromatic nitrogens is 1. The summed E-state index contributed by atoms with van der Waals surface area (Å²) in [7, 11) is 1.59. The fourth-order valence-corrected chi connectivity index (χ4v) is 3.42. The number of methoxy groups -OCH3 is 1. The highest BCUT2D eigenvalue weighted by atomic mass is 35.5. The van der Waals surface area contributed by atoms with Gasteiger partial charge in [-0.25, -0.2) is 4.98 Å². The first-order chi connectivity index (χ1) is 14.0. The number of hydrogen-bond donors (Lipinski definition) is 2. The van der Waals surface area contributed by atoms with E-state index >= 15 is 0 Å². The van der Waals surface area contributed by atoms with Crippen molar-refractivity contribution in [1.82, 2.24) is 4.98 Å². The number of carbonyl (C=O) groups is 2. The van der Waals surface area contributed by atoms with Gasteiger partial charge in [0.25, 0.3) is 5.91 Å². The number of anilines is 2. The lowest BCUT2D eigenvalue weighted by atomic mass is 10.2. The number of carbonyl (C=O) groups excluding carboxylic acids is 2. The molecule has 3 rings (SSSR count). The highest BCUT2D eigenvalue weighted by Gasteiger charge is 2.14. The Morgan fingerprint density at radius 3 is 2.59 bits per heavy atom. The average molecular weight is 428 g/mol. The topological polar surface area (TPSA) is 80.3 Å². The normalized spacial score (nSPS) is 10.7. The van der Waals surface area contributed by atoms with Crippen LogP contribution in [0.15, 0.2) is 54.7 Å². The van der Waals surface area contributed by atoms with Crippen molar-refractivity contribution in [2.24, 2.45) is 0 Å². The Morgan fingerprint density at radius 2 is 1.90 bits per heavy atom. The van der Waals surface area contributed by atoms with E-state index in [9.17, 15) is 9.59 Å². The Labute approximate surface area is 177 Å². The van der Waals surface area contributed by atoms with E-state index in [-0.39, 0.29) is 11.8 Å². The molecular weight excluding hydrogens is 410 g/mol. The standard InChI is InChI=1S/C21H18ClN3O3S/c1-13-4-3-5-16(22)19(13)25-20(27)17-12-23-21(29-17)24-18(26)11-8-14-6-9-15(28-2)10-7-14/h3-12H,1-2H3,(H,25,27)(H,23,24,26)/b11-8+. The van der Waals surface area contributed by atoms with Crippen molar-refractivity contribution in [2.75, 3.05) is 17.7 Å². The number of thiazole rings is 1. The number of hydrogen-bond acceptors (Lipinski definition) is 5. The van der Waals surface area contributed by atoms with Crippen LogP contribution in [0.3, 0.4) is 0 Å². The summed E-state index contributed by atoms with van der Waals surface area (Å²) in [4.78, 5) is 29.0. The van der Waals surface area contributed by atoms with Gasteiger partial charge in [0.05, 0.1) is 24.0 Å². The van der Waals surface area contributed by atoms with Crippen molar-refractivity contribution in [3.05, 3.63) is 75.8 Å². The molecule has 0 spiro atoms. The number of nitrogens with one attached hydrogen (secondary N) is 2. The van der Waals surface area contributed by atoms with E-state index in [2.05, 4.69) is 15.6 Å². The Kier molecular flexibility index (Phi) is 6.64. The van der Waals surface area contributed by atoms with E-state index in [1.54, 1.807) is 19.3 Å². The van der Waals surface area contributed by atoms with Gasteiger partial charge in [0.15, 0.2) is 5.13 Å². The second-order valence-electron chi connectivity index (χ2n) is 6.01. The summed E-state index contributed by atoms with van der Waals surface area (Å²) in [6.45, 7) is 1.86. The molecule has 0 fully saturated rings. The molecule has 148 valence electrons. The minimum Gasteiger partial charge on any atom is -0.497 e. The van der Waals surface area contributed by atoms with Crippen LogP contribution in [-0.4, -0.2) is 23.9 Å². The van der Waals surface area contributed by atoms with E-state index < -0.39 is 0 Å². The lowest BCUT2D eigenvalue weighted by Crippen LogP contribution is -2.11. The number of ether oxygens (including phenoxy) is 1. The van der Waals surface area contributed by atoms with Crippen LogP contribution in [0.1, 0.15) is 20.8 Å². The molecule has 2 aromatic carbocycles. The SMILES string of the molecule is COc1ccc(/C=C/C(=O)Nc2ncc(C(=O)Nc3c(C)cccc3Cl)s2)cc1. The summed E-state index contributed by atoms with van der Waals surface area (Å²) in [5, 5.41) is 6.22. The molecule has 8 heteroatoms. The van der Waals surface area contributed by atoms with Gasteiger partial charge in [-0.15, -0.1) is 0 Å². The fraction of sp³-hybridized carbons (Fsp3) is 0.0952. The van der Waals surface area contributed by atoms with Gasteiger partial charge in [-0.2, -0.15) is 0 Å². The summed E-state index contributed by atoms with van der Waals surface area (Å²) in [5.41, 5.74) is 2.27. The van der Waals surface area contributed by atoms with Crippen LogP contribution in [0.25, 0.3) is 6.08 Å². The number of nitrogens with zero attached hydrogens (tertiary/aromatic N) is 1. The Bertz CT molecular complexity index is 1040. The lowest BCUT2D eigenvalue weighted by Gasteiger charge is -2.08. The zero-order valence-electron chi connectivity index (χ0n) is 15.7. The summed E-state index contributed by atoms with van der Waals surface area (Å²) < 4.78 is 5.10. The largest absolute Gasteiger partial charge is 0.497 e. The molecule has 29 heavy (non-hydrogen) atoms. The van der Waals surface area contributed by atoms with Crippen molar-refractivity contribution in [2.45, 2.75) is 6.92 Å². The smallest absolute Gasteiger partial charge is 0.267 e. The first-order valence-electron chi connectivity index (χ1n) is 8.61. The predicted molar refractivity (Wildman–Crippen MR) is 117 cm³/mol. The number of benzene rings is 2. The van der Waals surface area contributed by atoms with Crippen molar-refractivity contribution in [3.63, 3.8) is 0 Å². The minimum absolute atomic E-state index is 0.329. The number of aryl methyl sites for hydroxylation is 1. The Morgan fingerprint density at radius 1 is 1.14 bits per heavy atom. The second kappa shape index (κ2) is 9.36. The maximum Gasteiger partial charge on any atom is 0.267 e. The molecule has 3 aromatic rings. The van der Waals surface area contributed by atoms with Crippen molar-refractivity contribution in [1.29, 1.82) is 0 Å². The Hall–Kier alpha value is -3.16. The Balaban J connectivity index is 1.61. The maximum atomic E-state index is 12.4. The predicted octanol–water partition coefficient (Wildman–Crippen LogP) is 5.02. The monoisotopic (exact) mass is 427 g/mol. The highest BCUT2D eigenvalue weighted by molar-refractivity contribution is 7.17. The van der Waals surface area contributed by atoms with E-state index in [0.717, 1.165) is 28.2 Å². The second-order valence-corrected chi connectivity index (χ2v) is 7.45. The van der Waals surface area contributed by atoms with Crippen LogP contribution in [-0.2, 0) is 4.79 Å². The molecule has 0 aliphatic rings. The summed E-state index contributed by atoms with van der Waals surface area (Å²) in [6.07, 6.45) is 4.49. The number of rotatable bonds is 6. The van der Waals surface area contributed by atoms with Crippen molar-refractivity contribution < 1.29 is 14.3 Å². The minimum atomic E-state index is -0.343. The van der Waals surface area contributed by atoms with Gasteiger partial charge >= 0.3 is 0 Å². The van der Waals surface area contributed by atoms with Crippen LogP contribution >= 0.6 is 22.9 Å². The molecule has 0 aliphatic carbocycles. The van der Waals surface area contributed by atoms with Gasteiger partial charge in [0.1, 0.15) is 10.6 Å². The van der Waals surface area contributed by atoms with Gasteiger partial charge in [-0.1, -0.05) is 47.2 Å². The maximum absolute atomic E-state index is 12.4. The van der Waals surface area contributed by atoms with Crippen molar-refractivity contribution >= 4 is 51.6 Å². The molecule has 0 saturated carbocycles. The fourth-order valence-electron chi connectivity index (χ4n) is 2.44.